The van der Waals surface area contributed by atoms with Gasteiger partial charge in [-0.2, -0.15) is 0 Å². The zero-order chi connectivity index (χ0) is 28.5. The Hall–Kier alpha value is -3.54. The van der Waals surface area contributed by atoms with E-state index < -0.39 is 16.0 Å². The Kier molecular flexibility index (Phi) is 8.24. The molecule has 4 rings (SSSR count). The lowest BCUT2D eigenvalue weighted by Crippen LogP contribution is -2.31. The van der Waals surface area contributed by atoms with E-state index in [9.17, 15) is 13.2 Å². The molecule has 10 nitrogen and oxygen atoms in total. The van der Waals surface area contributed by atoms with Gasteiger partial charge in [0.1, 0.15) is 5.22 Å². The number of rotatable bonds is 9. The van der Waals surface area contributed by atoms with Gasteiger partial charge < -0.3 is 9.84 Å². The van der Waals surface area contributed by atoms with Crippen LogP contribution >= 0.6 is 23.2 Å². The molecule has 1 aliphatic rings. The van der Waals surface area contributed by atoms with E-state index in [1.165, 1.54) is 31.3 Å². The molecule has 0 spiro atoms. The SMILES string of the molecule is Cc1nc(OCC2=[N+](c3c(Cl)cccc3Cl)N=NC2C(C)C)ccc1N(C)S(=O)(=O)c1ccc(C(=O)O)cc1. The van der Waals surface area contributed by atoms with Gasteiger partial charge in [0.15, 0.2) is 18.0 Å². The summed E-state index contributed by atoms with van der Waals surface area (Å²) in [5.41, 5.74) is 1.99. The number of aryl methyl sites for hydroxylation is 1. The first-order chi connectivity index (χ1) is 18.4. The number of halogens is 2. The van der Waals surface area contributed by atoms with Crippen LogP contribution in [0, 0.1) is 12.8 Å². The number of para-hydroxylation sites is 1. The van der Waals surface area contributed by atoms with E-state index >= 15 is 0 Å². The van der Waals surface area contributed by atoms with Crippen LogP contribution in [0.25, 0.3) is 0 Å². The lowest BCUT2D eigenvalue weighted by Gasteiger charge is -2.21. The van der Waals surface area contributed by atoms with Crippen molar-refractivity contribution in [2.24, 2.45) is 16.3 Å². The number of carboxylic acid groups (broad SMARTS) is 1. The van der Waals surface area contributed by atoms with E-state index in [1.54, 1.807) is 41.9 Å². The molecule has 1 aliphatic heterocycles. The van der Waals surface area contributed by atoms with Gasteiger partial charge in [-0.3, -0.25) is 4.31 Å². The minimum Gasteiger partial charge on any atom is -0.478 e. The lowest BCUT2D eigenvalue weighted by atomic mass is 10.0. The average Bonchev–Trinajstić information content (AvgIpc) is 3.31. The minimum atomic E-state index is -3.96. The molecule has 0 aliphatic carbocycles. The maximum atomic E-state index is 13.1. The Labute approximate surface area is 236 Å². The Morgan fingerprint density at radius 1 is 1.10 bits per heavy atom. The van der Waals surface area contributed by atoms with Crippen molar-refractivity contribution in [3.63, 3.8) is 0 Å². The Morgan fingerprint density at radius 3 is 2.31 bits per heavy atom. The van der Waals surface area contributed by atoms with Gasteiger partial charge in [0.2, 0.25) is 11.9 Å². The molecule has 0 radical (unpaired) electrons. The summed E-state index contributed by atoms with van der Waals surface area (Å²) < 4.78 is 35.0. The predicted octanol–water partition coefficient (Wildman–Crippen LogP) is 5.79. The van der Waals surface area contributed by atoms with Crippen LogP contribution in [0.15, 0.2) is 69.8 Å². The second-order valence-corrected chi connectivity index (χ2v) is 11.9. The van der Waals surface area contributed by atoms with Gasteiger partial charge in [0, 0.05) is 24.1 Å². The quantitative estimate of drug-likeness (QED) is 0.314. The number of sulfonamides is 1. The number of nitrogens with zero attached hydrogens (tertiary/aromatic N) is 5. The molecule has 0 amide bonds. The molecule has 204 valence electrons. The van der Waals surface area contributed by atoms with Crippen molar-refractivity contribution in [3.8, 4) is 5.88 Å². The average molecular weight is 591 g/mol. The molecule has 13 heteroatoms. The maximum Gasteiger partial charge on any atom is 0.335 e. The van der Waals surface area contributed by atoms with Crippen molar-refractivity contribution in [3.05, 3.63) is 75.9 Å². The molecule has 1 aromatic heterocycles. The van der Waals surface area contributed by atoms with Gasteiger partial charge in [-0.15, -0.1) is 0 Å². The number of hydrogen-bond donors (Lipinski definition) is 1. The molecule has 1 unspecified atom stereocenters. The van der Waals surface area contributed by atoms with Crippen LogP contribution in [-0.2, 0) is 10.0 Å². The second-order valence-electron chi connectivity index (χ2n) is 9.11. The van der Waals surface area contributed by atoms with Gasteiger partial charge in [-0.1, -0.05) is 47.8 Å². The number of pyridine rings is 1. The molecule has 0 bridgehead atoms. The Morgan fingerprint density at radius 2 is 1.74 bits per heavy atom. The fourth-order valence-electron chi connectivity index (χ4n) is 4.05. The van der Waals surface area contributed by atoms with Crippen molar-refractivity contribution in [2.75, 3.05) is 18.0 Å². The molecular formula is C26H26Cl2N5O5S+. The maximum absolute atomic E-state index is 13.1. The minimum absolute atomic E-state index is 0.00763. The third kappa shape index (κ3) is 5.75. The van der Waals surface area contributed by atoms with Gasteiger partial charge in [0.25, 0.3) is 10.0 Å². The number of anilines is 1. The van der Waals surface area contributed by atoms with Crippen molar-refractivity contribution in [2.45, 2.75) is 31.7 Å². The molecule has 3 aromatic rings. The van der Waals surface area contributed by atoms with Gasteiger partial charge >= 0.3 is 5.97 Å². The van der Waals surface area contributed by atoms with Crippen molar-refractivity contribution in [1.29, 1.82) is 0 Å². The summed E-state index contributed by atoms with van der Waals surface area (Å²) in [6.07, 6.45) is 0. The number of carboxylic acids is 1. The third-order valence-corrected chi connectivity index (χ3v) is 8.55. The predicted molar refractivity (Wildman–Crippen MR) is 148 cm³/mol. The van der Waals surface area contributed by atoms with Crippen LogP contribution in [0.1, 0.15) is 29.9 Å². The van der Waals surface area contributed by atoms with E-state index in [4.69, 9.17) is 33.0 Å². The molecule has 39 heavy (non-hydrogen) atoms. The molecule has 0 saturated carbocycles. The summed E-state index contributed by atoms with van der Waals surface area (Å²) in [6, 6.07) is 13.1. The largest absolute Gasteiger partial charge is 0.478 e. The highest BCUT2D eigenvalue weighted by atomic mass is 35.5. The highest BCUT2D eigenvalue weighted by Crippen LogP contribution is 2.35. The number of aromatic nitrogens is 1. The topological polar surface area (TPSA) is 125 Å². The fraction of sp³-hybridized carbons (Fsp3) is 0.269. The molecule has 1 N–H and O–H groups in total. The van der Waals surface area contributed by atoms with Crippen LogP contribution in [0.5, 0.6) is 5.88 Å². The molecule has 2 aromatic carbocycles. The normalized spacial score (nSPS) is 15.2. The first-order valence-electron chi connectivity index (χ1n) is 11.8. The summed E-state index contributed by atoms with van der Waals surface area (Å²) in [5, 5.41) is 18.6. The monoisotopic (exact) mass is 590 g/mol. The van der Waals surface area contributed by atoms with Crippen molar-refractivity contribution < 1.29 is 27.7 Å². The standard InChI is InChI=1S/C26H25Cl2N5O5S/c1-15(2)24-22(33(31-30-24)25-19(27)6-5-7-20(25)28)14-38-23-13-12-21(16(3)29-23)32(4)39(36,37)18-10-8-17(9-11-18)26(34)35/h5-13,15,24H,14H2,1-4H3/p+1. The second kappa shape index (κ2) is 11.3. The van der Waals surface area contributed by atoms with Gasteiger partial charge in [-0.25, -0.2) is 18.2 Å². The molecule has 2 heterocycles. The summed E-state index contributed by atoms with van der Waals surface area (Å²) in [6.45, 7) is 5.79. The van der Waals surface area contributed by atoms with E-state index in [-0.39, 0.29) is 34.9 Å². The van der Waals surface area contributed by atoms with Gasteiger partial charge in [0.05, 0.1) is 31.9 Å². The number of ether oxygens (including phenoxy) is 1. The van der Waals surface area contributed by atoms with Gasteiger partial charge in [-0.05, 0) is 49.4 Å². The summed E-state index contributed by atoms with van der Waals surface area (Å²) in [5.74, 6) is -0.738. The van der Waals surface area contributed by atoms with E-state index in [0.717, 1.165) is 10.0 Å². The number of hydrogen-bond acceptors (Lipinski definition) is 7. The highest BCUT2D eigenvalue weighted by Gasteiger charge is 2.38. The van der Waals surface area contributed by atoms with E-state index in [0.29, 0.717) is 27.1 Å². The first-order valence-corrected chi connectivity index (χ1v) is 14.0. The molecule has 1 atom stereocenters. The van der Waals surface area contributed by atoms with Crippen molar-refractivity contribution >= 4 is 56.3 Å². The molecule has 0 saturated heterocycles. The zero-order valence-corrected chi connectivity index (χ0v) is 23.9. The number of benzene rings is 2. The number of carbonyl (C=O) groups is 1. The Bertz CT molecular complexity index is 1570. The lowest BCUT2D eigenvalue weighted by molar-refractivity contribution is -0.450. The van der Waals surface area contributed by atoms with Crippen LogP contribution in [0.4, 0.5) is 11.4 Å². The van der Waals surface area contributed by atoms with Crippen LogP contribution in [-0.4, -0.2) is 54.6 Å². The summed E-state index contributed by atoms with van der Waals surface area (Å²) >= 11 is 12.8. The zero-order valence-electron chi connectivity index (χ0n) is 21.5. The summed E-state index contributed by atoms with van der Waals surface area (Å²) in [7, 11) is -2.56. The highest BCUT2D eigenvalue weighted by molar-refractivity contribution is 7.92. The van der Waals surface area contributed by atoms with Crippen LogP contribution < -0.4 is 9.04 Å². The van der Waals surface area contributed by atoms with E-state index in [1.807, 2.05) is 13.8 Å². The van der Waals surface area contributed by atoms with Crippen molar-refractivity contribution in [1.82, 2.24) is 4.98 Å². The first kappa shape index (κ1) is 28.5. The smallest absolute Gasteiger partial charge is 0.335 e. The number of aromatic carboxylic acids is 1. The Balaban J connectivity index is 1.58. The van der Waals surface area contributed by atoms with Crippen LogP contribution in [0.2, 0.25) is 10.0 Å². The van der Waals surface area contributed by atoms with E-state index in [2.05, 4.69) is 15.3 Å². The fourth-order valence-corrected chi connectivity index (χ4v) is 5.86. The molecular weight excluding hydrogens is 565 g/mol. The molecule has 0 fully saturated rings. The van der Waals surface area contributed by atoms with Crippen LogP contribution in [0.3, 0.4) is 0 Å². The summed E-state index contributed by atoms with van der Waals surface area (Å²) in [4.78, 5) is 15.5. The third-order valence-electron chi connectivity index (χ3n) is 6.16.